The van der Waals surface area contributed by atoms with Gasteiger partial charge in [0.25, 0.3) is 0 Å². The predicted molar refractivity (Wildman–Crippen MR) is 138 cm³/mol. The summed E-state index contributed by atoms with van der Waals surface area (Å²) in [5, 5.41) is 3.60. The molecule has 188 valence electrons. The average molecular weight is 460 g/mol. The highest BCUT2D eigenvalue weighted by Gasteiger charge is 2.29. The number of aldehydes is 1. The van der Waals surface area contributed by atoms with E-state index in [0.29, 0.717) is 18.5 Å². The first-order chi connectivity index (χ1) is 15.9. The fourth-order valence-corrected chi connectivity index (χ4v) is 5.24. The zero-order valence-corrected chi connectivity index (χ0v) is 22.1. The number of rotatable bonds is 11. The van der Waals surface area contributed by atoms with Gasteiger partial charge in [-0.1, -0.05) is 40.0 Å². The van der Waals surface area contributed by atoms with E-state index in [1.807, 2.05) is 19.3 Å². The summed E-state index contributed by atoms with van der Waals surface area (Å²) in [4.78, 5) is 23.5. The summed E-state index contributed by atoms with van der Waals surface area (Å²) in [6.07, 6.45) is 13.6. The molecule has 1 aliphatic heterocycles. The summed E-state index contributed by atoms with van der Waals surface area (Å²) >= 11 is 0. The molecular weight excluding hydrogens is 410 g/mol. The van der Waals surface area contributed by atoms with Crippen LogP contribution in [0.25, 0.3) is 0 Å². The Bertz CT molecular complexity index is 659. The maximum Gasteiger partial charge on any atom is 0.222 e. The number of carbonyl (C=O) groups is 1. The molecule has 2 atom stereocenters. The molecule has 3 rings (SSSR count). The fraction of sp³-hybridized carbons (Fsp3) is 0.815. The minimum atomic E-state index is 0.444. The lowest BCUT2D eigenvalue weighted by molar-refractivity contribution is -0.107. The minimum absolute atomic E-state index is 0.444. The fourth-order valence-electron chi connectivity index (χ4n) is 5.24. The van der Waals surface area contributed by atoms with Crippen molar-refractivity contribution in [2.75, 3.05) is 32.0 Å². The highest BCUT2D eigenvalue weighted by atomic mass is 16.1. The van der Waals surface area contributed by atoms with Gasteiger partial charge in [-0.2, -0.15) is 0 Å². The Balaban J connectivity index is 0.000000890. The molecule has 1 saturated carbocycles. The van der Waals surface area contributed by atoms with Crippen molar-refractivity contribution in [1.29, 1.82) is 0 Å². The average Bonchev–Trinajstić information content (AvgIpc) is 2.79. The predicted octanol–water partition coefficient (Wildman–Crippen LogP) is 5.25. The molecule has 1 N–H and O–H groups in total. The molecule has 1 aromatic heterocycles. The van der Waals surface area contributed by atoms with E-state index < -0.39 is 0 Å². The maximum atomic E-state index is 9.17. The normalized spacial score (nSPS) is 25.3. The molecule has 2 aliphatic rings. The molecule has 0 amide bonds. The van der Waals surface area contributed by atoms with E-state index in [2.05, 4.69) is 59.8 Å². The lowest BCUT2D eigenvalue weighted by Gasteiger charge is -2.40. The van der Waals surface area contributed by atoms with Crippen LogP contribution in [0.4, 0.5) is 5.95 Å². The summed E-state index contributed by atoms with van der Waals surface area (Å²) in [7, 11) is 2.23. The van der Waals surface area contributed by atoms with Crippen LogP contribution in [-0.2, 0) is 11.3 Å². The van der Waals surface area contributed by atoms with Crippen molar-refractivity contribution >= 4 is 12.2 Å². The number of anilines is 1. The van der Waals surface area contributed by atoms with Gasteiger partial charge < -0.3 is 15.0 Å². The van der Waals surface area contributed by atoms with Crippen LogP contribution in [0, 0.1) is 17.8 Å². The molecule has 2 unspecified atom stereocenters. The summed E-state index contributed by atoms with van der Waals surface area (Å²) in [5.41, 5.74) is 1.21. The van der Waals surface area contributed by atoms with Crippen LogP contribution >= 0.6 is 0 Å². The van der Waals surface area contributed by atoms with Gasteiger partial charge in [-0.15, -0.1) is 0 Å². The lowest BCUT2D eigenvalue weighted by atomic mass is 9.72. The summed E-state index contributed by atoms with van der Waals surface area (Å²) in [6.45, 7) is 15.5. The van der Waals surface area contributed by atoms with E-state index in [9.17, 15) is 4.79 Å². The van der Waals surface area contributed by atoms with E-state index in [4.69, 9.17) is 0 Å². The molecule has 0 radical (unpaired) electrons. The van der Waals surface area contributed by atoms with E-state index in [-0.39, 0.29) is 0 Å². The summed E-state index contributed by atoms with van der Waals surface area (Å²) in [6, 6.07) is 1.04. The van der Waals surface area contributed by atoms with Crippen LogP contribution in [0.15, 0.2) is 12.4 Å². The van der Waals surface area contributed by atoms with Crippen molar-refractivity contribution in [1.82, 2.24) is 19.8 Å². The van der Waals surface area contributed by atoms with Gasteiger partial charge in [0, 0.05) is 62.6 Å². The quantitative estimate of drug-likeness (QED) is 0.456. The molecule has 33 heavy (non-hydrogen) atoms. The highest BCUT2D eigenvalue weighted by Crippen LogP contribution is 2.37. The SMILES string of the molecule is CCC=O.CCCC1CC(CN(C)Cc2cnc(NC3CC(CC)CN(C(C)C)C3)nc2)C1. The van der Waals surface area contributed by atoms with Gasteiger partial charge in [-0.25, -0.2) is 9.97 Å². The maximum absolute atomic E-state index is 9.17. The van der Waals surface area contributed by atoms with Crippen molar-refractivity contribution in [2.24, 2.45) is 17.8 Å². The topological polar surface area (TPSA) is 61.4 Å². The van der Waals surface area contributed by atoms with Crippen LogP contribution in [-0.4, -0.2) is 64.8 Å². The number of aromatic nitrogens is 2. The lowest BCUT2D eigenvalue weighted by Crippen LogP contribution is -2.49. The van der Waals surface area contributed by atoms with Crippen molar-refractivity contribution in [2.45, 2.75) is 98.2 Å². The van der Waals surface area contributed by atoms with Crippen LogP contribution < -0.4 is 5.32 Å². The Morgan fingerprint density at radius 1 is 1.09 bits per heavy atom. The first-order valence-electron chi connectivity index (χ1n) is 13.3. The van der Waals surface area contributed by atoms with Crippen LogP contribution in [0.1, 0.15) is 85.1 Å². The highest BCUT2D eigenvalue weighted by molar-refractivity contribution is 5.48. The van der Waals surface area contributed by atoms with Gasteiger partial charge in [0.1, 0.15) is 6.29 Å². The monoisotopic (exact) mass is 459 g/mol. The second-order valence-corrected chi connectivity index (χ2v) is 10.6. The molecule has 2 heterocycles. The van der Waals surface area contributed by atoms with Crippen LogP contribution in [0.3, 0.4) is 0 Å². The minimum Gasteiger partial charge on any atom is -0.350 e. The number of hydrogen-bond acceptors (Lipinski definition) is 6. The summed E-state index contributed by atoms with van der Waals surface area (Å²) < 4.78 is 0. The molecular formula is C27H49N5O. The van der Waals surface area contributed by atoms with Gasteiger partial charge in [0.15, 0.2) is 0 Å². The standard InChI is InChI=1S/C24H43N5.C3H6O/c1-6-8-20-9-21(10-20)14-28(5)15-22-12-25-24(26-13-22)27-23-11-19(7-2)16-29(17-23)18(3)4;1-2-3-4/h12-13,18-21,23H,6-11,14-17H2,1-5H3,(H,25,26,27);3H,2H2,1H3. The molecule has 1 saturated heterocycles. The number of nitrogens with one attached hydrogen (secondary N) is 1. The molecule has 0 bridgehead atoms. The van der Waals surface area contributed by atoms with Gasteiger partial charge in [-0.05, 0) is 57.9 Å². The van der Waals surface area contributed by atoms with Crippen molar-refractivity contribution in [3.8, 4) is 0 Å². The largest absolute Gasteiger partial charge is 0.350 e. The summed E-state index contributed by atoms with van der Waals surface area (Å²) in [5.74, 6) is 3.43. The van der Waals surface area contributed by atoms with Crippen molar-refractivity contribution < 1.29 is 4.79 Å². The smallest absolute Gasteiger partial charge is 0.222 e. The van der Waals surface area contributed by atoms with Gasteiger partial charge in [0.05, 0.1) is 0 Å². The Morgan fingerprint density at radius 3 is 2.30 bits per heavy atom. The number of likely N-dealkylation sites (tertiary alicyclic amines) is 1. The Kier molecular flexibility index (Phi) is 12.3. The van der Waals surface area contributed by atoms with Crippen molar-refractivity contribution in [3.05, 3.63) is 18.0 Å². The zero-order chi connectivity index (χ0) is 24.2. The van der Waals surface area contributed by atoms with Gasteiger partial charge in [-0.3, -0.25) is 4.90 Å². The van der Waals surface area contributed by atoms with E-state index in [1.54, 1.807) is 0 Å². The Labute approximate surface area is 202 Å². The number of piperidine rings is 1. The number of hydrogen-bond donors (Lipinski definition) is 1. The number of carbonyl (C=O) groups excluding carboxylic acids is 1. The molecule has 2 fully saturated rings. The van der Waals surface area contributed by atoms with E-state index >= 15 is 0 Å². The Morgan fingerprint density at radius 2 is 1.76 bits per heavy atom. The third-order valence-electron chi connectivity index (χ3n) is 7.13. The van der Waals surface area contributed by atoms with Crippen LogP contribution in [0.5, 0.6) is 0 Å². The molecule has 6 nitrogen and oxygen atoms in total. The van der Waals surface area contributed by atoms with Crippen LogP contribution in [0.2, 0.25) is 0 Å². The molecule has 6 heteroatoms. The first kappa shape index (κ1) is 27.7. The third kappa shape index (κ3) is 9.70. The van der Waals surface area contributed by atoms with Crippen molar-refractivity contribution in [3.63, 3.8) is 0 Å². The van der Waals surface area contributed by atoms with E-state index in [1.165, 1.54) is 57.2 Å². The van der Waals surface area contributed by atoms with E-state index in [0.717, 1.165) is 43.1 Å². The molecule has 1 aliphatic carbocycles. The second-order valence-electron chi connectivity index (χ2n) is 10.6. The van der Waals surface area contributed by atoms with Gasteiger partial charge in [0.2, 0.25) is 5.95 Å². The zero-order valence-electron chi connectivity index (χ0n) is 22.1. The molecule has 0 spiro atoms. The molecule has 0 aromatic carbocycles. The Hall–Kier alpha value is -1.53. The number of nitrogens with zero attached hydrogens (tertiary/aromatic N) is 4. The van der Waals surface area contributed by atoms with Gasteiger partial charge >= 0.3 is 0 Å². The molecule has 1 aromatic rings. The second kappa shape index (κ2) is 14.7. The third-order valence-corrected chi connectivity index (χ3v) is 7.13. The first-order valence-corrected chi connectivity index (χ1v) is 13.3.